The minimum atomic E-state index is -0.859. The van der Waals surface area contributed by atoms with Crippen molar-refractivity contribution in [2.45, 2.75) is 25.6 Å². The molecule has 4 rings (SSSR count). The van der Waals surface area contributed by atoms with Crippen LogP contribution in [0.15, 0.2) is 23.7 Å². The molecule has 0 aliphatic carbocycles. The van der Waals surface area contributed by atoms with Crippen LogP contribution in [0.25, 0.3) is 0 Å². The molecule has 0 saturated heterocycles. The van der Waals surface area contributed by atoms with Crippen LogP contribution in [-0.4, -0.2) is 46.4 Å². The van der Waals surface area contributed by atoms with Gasteiger partial charge in [-0.15, -0.1) is 0 Å². The number of fused-ring (bicyclic) bond motifs is 1. The van der Waals surface area contributed by atoms with Gasteiger partial charge in [-0.3, -0.25) is 14.2 Å². The minimum Gasteiger partial charge on any atom is -0.382 e. The number of nitrogen functional groups attached to an aromatic ring is 1. The molecule has 3 aromatic rings. The number of nitrogens with zero attached hydrogens (tertiary/aromatic N) is 6. The van der Waals surface area contributed by atoms with Gasteiger partial charge in [-0.1, -0.05) is 0 Å². The highest BCUT2D eigenvalue weighted by Gasteiger charge is 2.26. The lowest BCUT2D eigenvalue weighted by molar-refractivity contribution is 0.0747. The summed E-state index contributed by atoms with van der Waals surface area (Å²) < 4.78 is 7.46. The number of aryl methyl sites for hydroxylation is 2. The molecule has 1 atom stereocenters. The lowest BCUT2D eigenvalue weighted by Crippen LogP contribution is -2.31. The number of anilines is 1. The Kier molecular flexibility index (Phi) is 4.21. The Balaban J connectivity index is 1.59. The first-order valence-corrected chi connectivity index (χ1v) is 9.10. The molecule has 0 bridgehead atoms. The summed E-state index contributed by atoms with van der Waals surface area (Å²) in [6.07, 6.45) is 1.56. The van der Waals surface area contributed by atoms with Crippen LogP contribution >= 0.6 is 11.5 Å². The lowest BCUT2D eigenvalue weighted by Gasteiger charge is -2.19. The van der Waals surface area contributed by atoms with Gasteiger partial charge in [0, 0.05) is 31.7 Å². The van der Waals surface area contributed by atoms with Crippen molar-refractivity contribution in [1.29, 1.82) is 0 Å². The van der Waals surface area contributed by atoms with Crippen molar-refractivity contribution >= 4 is 23.3 Å². The molecular formula is C16H19N7O2S. The molecule has 0 spiro atoms. The standard InChI is InChI=1S/C16H19N7O2S/c1-21-13(3-4-18-21)14(24)12-7-10-8-22(5-2-6-23(10)19-12)16(25)11-9-26-20-15(11)17/h3-4,7,9,14,24H,2,5-6,8H2,1H3,(H2,17,20). The molecule has 0 radical (unpaired) electrons. The minimum absolute atomic E-state index is 0.125. The first-order chi connectivity index (χ1) is 12.5. The van der Waals surface area contributed by atoms with E-state index in [1.807, 2.05) is 10.7 Å². The summed E-state index contributed by atoms with van der Waals surface area (Å²) in [7, 11) is 1.78. The number of carbonyl (C=O) groups is 1. The highest BCUT2D eigenvalue weighted by molar-refractivity contribution is 7.04. The first-order valence-electron chi connectivity index (χ1n) is 8.26. The predicted molar refractivity (Wildman–Crippen MR) is 95.4 cm³/mol. The van der Waals surface area contributed by atoms with E-state index in [0.29, 0.717) is 36.6 Å². The molecule has 1 unspecified atom stereocenters. The van der Waals surface area contributed by atoms with Crippen LogP contribution in [0.5, 0.6) is 0 Å². The molecule has 0 aromatic carbocycles. The maximum atomic E-state index is 12.7. The second-order valence-corrected chi connectivity index (χ2v) is 6.89. The van der Waals surface area contributed by atoms with Gasteiger partial charge in [0.25, 0.3) is 5.91 Å². The zero-order valence-electron chi connectivity index (χ0n) is 14.2. The highest BCUT2D eigenvalue weighted by Crippen LogP contribution is 2.24. The second kappa shape index (κ2) is 6.54. The van der Waals surface area contributed by atoms with Gasteiger partial charge in [0.05, 0.1) is 29.2 Å². The van der Waals surface area contributed by atoms with Crippen molar-refractivity contribution in [3.63, 3.8) is 0 Å². The zero-order valence-corrected chi connectivity index (χ0v) is 15.1. The van der Waals surface area contributed by atoms with Crippen LogP contribution in [0.2, 0.25) is 0 Å². The monoisotopic (exact) mass is 373 g/mol. The average Bonchev–Trinajstić information content (AvgIpc) is 3.31. The van der Waals surface area contributed by atoms with Crippen LogP contribution in [0.4, 0.5) is 5.82 Å². The number of aliphatic hydroxyl groups is 1. The maximum absolute atomic E-state index is 12.7. The molecule has 1 amide bonds. The summed E-state index contributed by atoms with van der Waals surface area (Å²) in [5.41, 5.74) is 8.33. The Hall–Kier alpha value is -2.72. The van der Waals surface area contributed by atoms with Gasteiger partial charge in [-0.05, 0) is 30.1 Å². The van der Waals surface area contributed by atoms with E-state index in [1.54, 1.807) is 34.3 Å². The third kappa shape index (κ3) is 2.86. The number of aromatic nitrogens is 5. The van der Waals surface area contributed by atoms with Crippen molar-refractivity contribution < 1.29 is 9.90 Å². The number of aliphatic hydroxyl groups excluding tert-OH is 1. The third-order valence-corrected chi connectivity index (χ3v) is 5.21. The molecule has 0 saturated carbocycles. The SMILES string of the molecule is Cn1nccc1C(O)c1cc2n(n1)CCCN(C(=O)c1csnc1N)C2. The molecule has 0 fully saturated rings. The van der Waals surface area contributed by atoms with E-state index in [1.165, 1.54) is 11.5 Å². The summed E-state index contributed by atoms with van der Waals surface area (Å²) in [6, 6.07) is 3.61. The van der Waals surface area contributed by atoms with Gasteiger partial charge in [0.2, 0.25) is 0 Å². The summed E-state index contributed by atoms with van der Waals surface area (Å²) >= 11 is 1.18. The number of hydrogen-bond donors (Lipinski definition) is 2. The molecule has 1 aliphatic rings. The number of nitrogens with two attached hydrogens (primary N) is 1. The van der Waals surface area contributed by atoms with Crippen molar-refractivity contribution in [2.24, 2.45) is 7.05 Å². The average molecular weight is 373 g/mol. The van der Waals surface area contributed by atoms with Crippen LogP contribution in [-0.2, 0) is 20.1 Å². The Morgan fingerprint density at radius 1 is 1.42 bits per heavy atom. The van der Waals surface area contributed by atoms with Gasteiger partial charge >= 0.3 is 0 Å². The maximum Gasteiger partial charge on any atom is 0.258 e. The Morgan fingerprint density at radius 3 is 2.96 bits per heavy atom. The van der Waals surface area contributed by atoms with E-state index in [9.17, 15) is 9.90 Å². The highest BCUT2D eigenvalue weighted by atomic mass is 32.1. The molecular weight excluding hydrogens is 354 g/mol. The normalized spacial score (nSPS) is 15.5. The summed E-state index contributed by atoms with van der Waals surface area (Å²) in [4.78, 5) is 14.5. The number of hydrogen-bond acceptors (Lipinski definition) is 7. The Labute approximate surface area is 153 Å². The smallest absolute Gasteiger partial charge is 0.258 e. The predicted octanol–water partition coefficient (Wildman–Crippen LogP) is 0.783. The van der Waals surface area contributed by atoms with Gasteiger partial charge < -0.3 is 15.7 Å². The fourth-order valence-electron chi connectivity index (χ4n) is 3.17. The van der Waals surface area contributed by atoms with Crippen molar-refractivity contribution in [3.8, 4) is 0 Å². The number of carbonyl (C=O) groups excluding carboxylic acids is 1. The van der Waals surface area contributed by atoms with Gasteiger partial charge in [0.15, 0.2) is 0 Å². The second-order valence-electron chi connectivity index (χ2n) is 6.26. The summed E-state index contributed by atoms with van der Waals surface area (Å²) in [6.45, 7) is 1.73. The molecule has 9 nitrogen and oxygen atoms in total. The molecule has 136 valence electrons. The van der Waals surface area contributed by atoms with Gasteiger partial charge in [0.1, 0.15) is 11.9 Å². The summed E-state index contributed by atoms with van der Waals surface area (Å²) in [5, 5.41) is 20.9. The number of rotatable bonds is 3. The number of amides is 1. The lowest BCUT2D eigenvalue weighted by atomic mass is 10.1. The van der Waals surface area contributed by atoms with Crippen LogP contribution in [0, 0.1) is 0 Å². The van der Waals surface area contributed by atoms with Crippen LogP contribution in [0.1, 0.15) is 40.0 Å². The molecule has 10 heteroatoms. The molecule has 3 N–H and O–H groups in total. The Bertz CT molecular complexity index is 944. The fourth-order valence-corrected chi connectivity index (χ4v) is 3.76. The fraction of sp³-hybridized carbons (Fsp3) is 0.375. The Morgan fingerprint density at radius 2 is 2.27 bits per heavy atom. The van der Waals surface area contributed by atoms with E-state index in [4.69, 9.17) is 5.73 Å². The third-order valence-electron chi connectivity index (χ3n) is 4.57. The van der Waals surface area contributed by atoms with Gasteiger partial charge in [-0.2, -0.15) is 14.6 Å². The molecule has 26 heavy (non-hydrogen) atoms. The van der Waals surface area contributed by atoms with E-state index < -0.39 is 6.10 Å². The first kappa shape index (κ1) is 16.7. The van der Waals surface area contributed by atoms with E-state index >= 15 is 0 Å². The molecule has 1 aliphatic heterocycles. The van der Waals surface area contributed by atoms with Crippen LogP contribution < -0.4 is 5.73 Å². The quantitative estimate of drug-likeness (QED) is 0.701. The molecule has 4 heterocycles. The van der Waals surface area contributed by atoms with Crippen LogP contribution in [0.3, 0.4) is 0 Å². The van der Waals surface area contributed by atoms with E-state index in [0.717, 1.165) is 12.1 Å². The topological polar surface area (TPSA) is 115 Å². The zero-order chi connectivity index (χ0) is 18.3. The van der Waals surface area contributed by atoms with Gasteiger partial charge in [-0.25, -0.2) is 0 Å². The van der Waals surface area contributed by atoms with Crippen molar-refractivity contribution in [3.05, 3.63) is 46.4 Å². The molecule has 3 aromatic heterocycles. The largest absolute Gasteiger partial charge is 0.382 e. The van der Waals surface area contributed by atoms with E-state index in [-0.39, 0.29) is 11.7 Å². The van der Waals surface area contributed by atoms with Crippen molar-refractivity contribution in [2.75, 3.05) is 12.3 Å². The van der Waals surface area contributed by atoms with Crippen molar-refractivity contribution in [1.82, 2.24) is 28.8 Å². The summed E-state index contributed by atoms with van der Waals surface area (Å²) in [5.74, 6) is 0.143. The van der Waals surface area contributed by atoms with E-state index in [2.05, 4.69) is 14.6 Å².